The zero-order valence-electron chi connectivity index (χ0n) is 16.7. The third-order valence-electron chi connectivity index (χ3n) is 4.89. The number of hydrogen-bond donors (Lipinski definition) is 0. The highest BCUT2D eigenvalue weighted by molar-refractivity contribution is 8.00. The molecule has 0 unspecified atom stereocenters. The Kier molecular flexibility index (Phi) is 8.44. The molecular weight excluding hydrogens is 381 g/mol. The fourth-order valence-electron chi connectivity index (χ4n) is 3.09. The number of rotatable bonds is 8. The van der Waals surface area contributed by atoms with E-state index in [9.17, 15) is 18.8 Å². The van der Waals surface area contributed by atoms with E-state index in [1.165, 1.54) is 13.0 Å². The van der Waals surface area contributed by atoms with Gasteiger partial charge in [0, 0.05) is 49.7 Å². The number of Topliss-reactive ketones (excluding diaryl/α,β-unsaturated/α-hetero) is 1. The van der Waals surface area contributed by atoms with Crippen LogP contribution in [0.3, 0.4) is 0 Å². The average molecular weight is 410 g/mol. The first-order valence-electron chi connectivity index (χ1n) is 9.56. The van der Waals surface area contributed by atoms with Gasteiger partial charge in [0.15, 0.2) is 5.78 Å². The monoisotopic (exact) mass is 409 g/mol. The number of carbonyl (C=O) groups excluding carboxylic acids is 3. The van der Waals surface area contributed by atoms with Crippen molar-refractivity contribution in [3.05, 3.63) is 29.6 Å². The van der Waals surface area contributed by atoms with Crippen molar-refractivity contribution in [2.45, 2.75) is 25.7 Å². The molecule has 1 aromatic carbocycles. The number of benzene rings is 1. The first-order valence-corrected chi connectivity index (χ1v) is 10.5. The predicted octanol–water partition coefficient (Wildman–Crippen LogP) is 2.13. The molecule has 0 spiro atoms. The van der Waals surface area contributed by atoms with E-state index in [0.717, 1.165) is 11.8 Å². The Morgan fingerprint density at radius 1 is 1.11 bits per heavy atom. The van der Waals surface area contributed by atoms with Crippen LogP contribution in [0.5, 0.6) is 0 Å². The Morgan fingerprint density at radius 3 is 2.29 bits per heavy atom. The zero-order chi connectivity index (χ0) is 20.7. The van der Waals surface area contributed by atoms with Crippen LogP contribution >= 0.6 is 11.8 Å². The maximum absolute atomic E-state index is 14.1. The van der Waals surface area contributed by atoms with E-state index >= 15 is 0 Å². The standard InChI is InChI=1S/C20H28FN3O3S/c1-4-23(5-2)19(26)13-22-8-10-24(11-9-22)20(27)14-28-18-7-6-16(15(3)25)12-17(18)21/h6-7,12H,4-5,8-11,13-14H2,1-3H3. The molecule has 0 bridgehead atoms. The summed E-state index contributed by atoms with van der Waals surface area (Å²) in [7, 11) is 0. The molecule has 1 aliphatic heterocycles. The molecule has 1 aliphatic rings. The summed E-state index contributed by atoms with van der Waals surface area (Å²) in [5.41, 5.74) is 0.323. The lowest BCUT2D eigenvalue weighted by molar-refractivity contribution is -0.133. The van der Waals surface area contributed by atoms with Crippen LogP contribution in [0.25, 0.3) is 0 Å². The third kappa shape index (κ3) is 6.04. The van der Waals surface area contributed by atoms with Crippen molar-refractivity contribution >= 4 is 29.4 Å². The third-order valence-corrected chi connectivity index (χ3v) is 5.92. The molecular formula is C20H28FN3O3S. The van der Waals surface area contributed by atoms with Crippen molar-refractivity contribution in [2.75, 3.05) is 51.6 Å². The summed E-state index contributed by atoms with van der Waals surface area (Å²) in [6.45, 7) is 9.55. The minimum absolute atomic E-state index is 0.0465. The van der Waals surface area contributed by atoms with Crippen LogP contribution in [0.2, 0.25) is 0 Å². The molecule has 1 saturated heterocycles. The maximum atomic E-state index is 14.1. The molecule has 1 heterocycles. The van der Waals surface area contributed by atoms with E-state index < -0.39 is 5.82 Å². The summed E-state index contributed by atoms with van der Waals surface area (Å²) in [5, 5.41) is 0. The molecule has 8 heteroatoms. The fourth-order valence-corrected chi connectivity index (χ4v) is 3.91. The molecule has 0 radical (unpaired) electrons. The Bertz CT molecular complexity index is 717. The molecule has 28 heavy (non-hydrogen) atoms. The fraction of sp³-hybridized carbons (Fsp3) is 0.550. The summed E-state index contributed by atoms with van der Waals surface area (Å²) < 4.78 is 14.1. The second-order valence-corrected chi connectivity index (χ2v) is 7.73. The number of amides is 2. The average Bonchev–Trinajstić information content (AvgIpc) is 2.68. The smallest absolute Gasteiger partial charge is 0.236 e. The quantitative estimate of drug-likeness (QED) is 0.486. The number of piperazine rings is 1. The minimum Gasteiger partial charge on any atom is -0.342 e. The van der Waals surface area contributed by atoms with Crippen LogP contribution in [0.4, 0.5) is 4.39 Å². The van der Waals surface area contributed by atoms with E-state index in [2.05, 4.69) is 4.90 Å². The first kappa shape index (κ1) is 22.4. The molecule has 0 saturated carbocycles. The second kappa shape index (κ2) is 10.6. The number of halogens is 1. The number of carbonyl (C=O) groups is 3. The summed E-state index contributed by atoms with van der Waals surface area (Å²) in [4.78, 5) is 41.9. The number of nitrogens with zero attached hydrogens (tertiary/aromatic N) is 3. The lowest BCUT2D eigenvalue weighted by Gasteiger charge is -2.35. The number of hydrogen-bond acceptors (Lipinski definition) is 5. The van der Waals surface area contributed by atoms with Crippen LogP contribution in [-0.2, 0) is 9.59 Å². The van der Waals surface area contributed by atoms with Gasteiger partial charge in [0.05, 0.1) is 12.3 Å². The van der Waals surface area contributed by atoms with E-state index in [1.807, 2.05) is 13.8 Å². The molecule has 2 rings (SSSR count). The van der Waals surface area contributed by atoms with Crippen LogP contribution in [0.1, 0.15) is 31.1 Å². The molecule has 0 atom stereocenters. The molecule has 6 nitrogen and oxygen atoms in total. The van der Waals surface area contributed by atoms with Crippen molar-refractivity contribution in [3.8, 4) is 0 Å². The molecule has 1 fully saturated rings. The minimum atomic E-state index is -0.481. The Hall–Kier alpha value is -1.93. The molecule has 0 N–H and O–H groups in total. The van der Waals surface area contributed by atoms with Crippen LogP contribution in [0.15, 0.2) is 23.1 Å². The van der Waals surface area contributed by atoms with Gasteiger partial charge in [0.2, 0.25) is 11.8 Å². The molecule has 0 aliphatic carbocycles. The summed E-state index contributed by atoms with van der Waals surface area (Å²) in [6.07, 6.45) is 0. The van der Waals surface area contributed by atoms with Crippen molar-refractivity contribution in [3.63, 3.8) is 0 Å². The summed E-state index contributed by atoms with van der Waals surface area (Å²) >= 11 is 1.14. The maximum Gasteiger partial charge on any atom is 0.236 e. The lowest BCUT2D eigenvalue weighted by atomic mass is 10.1. The Labute approximate surface area is 170 Å². The highest BCUT2D eigenvalue weighted by atomic mass is 32.2. The highest BCUT2D eigenvalue weighted by Gasteiger charge is 2.23. The normalized spacial score (nSPS) is 14.8. The number of likely N-dealkylation sites (N-methyl/N-ethyl adjacent to an activating group) is 1. The van der Waals surface area contributed by atoms with Gasteiger partial charge < -0.3 is 9.80 Å². The van der Waals surface area contributed by atoms with Crippen LogP contribution in [0, 0.1) is 5.82 Å². The van der Waals surface area contributed by atoms with Gasteiger partial charge in [0.1, 0.15) is 5.82 Å². The van der Waals surface area contributed by atoms with Gasteiger partial charge >= 0.3 is 0 Å². The van der Waals surface area contributed by atoms with Crippen molar-refractivity contribution in [1.29, 1.82) is 0 Å². The van der Waals surface area contributed by atoms with Crippen LogP contribution < -0.4 is 0 Å². The topological polar surface area (TPSA) is 60.9 Å². The van der Waals surface area contributed by atoms with Gasteiger partial charge in [0.25, 0.3) is 0 Å². The van der Waals surface area contributed by atoms with E-state index in [0.29, 0.717) is 56.3 Å². The van der Waals surface area contributed by atoms with E-state index in [-0.39, 0.29) is 23.4 Å². The van der Waals surface area contributed by atoms with E-state index in [4.69, 9.17) is 0 Å². The molecule has 0 aromatic heterocycles. The van der Waals surface area contributed by atoms with Crippen molar-refractivity contribution in [1.82, 2.24) is 14.7 Å². The largest absolute Gasteiger partial charge is 0.342 e. The summed E-state index contributed by atoms with van der Waals surface area (Å²) in [5.74, 6) is -0.456. The van der Waals surface area contributed by atoms with Gasteiger partial charge in [-0.1, -0.05) is 6.07 Å². The SMILES string of the molecule is CCN(CC)C(=O)CN1CCN(C(=O)CSc2ccc(C(C)=O)cc2F)CC1. The summed E-state index contributed by atoms with van der Waals surface area (Å²) in [6, 6.07) is 4.32. The van der Waals surface area contributed by atoms with Gasteiger partial charge in [-0.15, -0.1) is 11.8 Å². The van der Waals surface area contributed by atoms with Crippen molar-refractivity contribution in [2.24, 2.45) is 0 Å². The van der Waals surface area contributed by atoms with Gasteiger partial charge in [-0.3, -0.25) is 19.3 Å². The van der Waals surface area contributed by atoms with Gasteiger partial charge in [-0.05, 0) is 32.9 Å². The Morgan fingerprint density at radius 2 is 1.75 bits per heavy atom. The van der Waals surface area contributed by atoms with E-state index in [1.54, 1.807) is 21.9 Å². The lowest BCUT2D eigenvalue weighted by Crippen LogP contribution is -2.52. The molecule has 154 valence electrons. The number of ketones is 1. The van der Waals surface area contributed by atoms with Gasteiger partial charge in [-0.2, -0.15) is 0 Å². The molecule has 1 aromatic rings. The second-order valence-electron chi connectivity index (χ2n) is 6.71. The number of thioether (sulfide) groups is 1. The predicted molar refractivity (Wildman–Crippen MR) is 108 cm³/mol. The first-order chi connectivity index (χ1) is 13.3. The van der Waals surface area contributed by atoms with Crippen molar-refractivity contribution < 1.29 is 18.8 Å². The molecule has 2 amide bonds. The van der Waals surface area contributed by atoms with Gasteiger partial charge in [-0.25, -0.2) is 4.39 Å². The van der Waals surface area contributed by atoms with Crippen LogP contribution in [-0.4, -0.2) is 83.9 Å². The Balaban J connectivity index is 1.79. The highest BCUT2D eigenvalue weighted by Crippen LogP contribution is 2.23. The zero-order valence-corrected chi connectivity index (χ0v) is 17.6.